The summed E-state index contributed by atoms with van der Waals surface area (Å²) in [5.41, 5.74) is 2.02. The van der Waals surface area contributed by atoms with Gasteiger partial charge in [0.15, 0.2) is 0 Å². The highest BCUT2D eigenvalue weighted by Crippen LogP contribution is 2.21. The van der Waals surface area contributed by atoms with E-state index in [0.717, 1.165) is 5.56 Å². The van der Waals surface area contributed by atoms with E-state index in [1.807, 2.05) is 30.3 Å². The summed E-state index contributed by atoms with van der Waals surface area (Å²) in [4.78, 5) is 0.269. The third-order valence-electron chi connectivity index (χ3n) is 2.98. The molecule has 6 heteroatoms. The number of rotatable bonds is 4. The molecule has 1 aromatic heterocycles. The van der Waals surface area contributed by atoms with Gasteiger partial charge in [0.25, 0.3) is 0 Å². The highest BCUT2D eigenvalue weighted by atomic mass is 32.2. The summed E-state index contributed by atoms with van der Waals surface area (Å²) in [6.45, 7) is 3.74. The highest BCUT2D eigenvalue weighted by Gasteiger charge is 2.26. The Balaban J connectivity index is 2.30. The number of H-pyrrole nitrogens is 1. The van der Waals surface area contributed by atoms with Crippen molar-refractivity contribution in [2.45, 2.75) is 25.3 Å². The number of aromatic amines is 1. The molecule has 0 saturated carbocycles. The maximum atomic E-state index is 12.5. The Labute approximate surface area is 113 Å². The fourth-order valence-electron chi connectivity index (χ4n) is 2.00. The number of nitrogens with one attached hydrogen (secondary N) is 1. The van der Waals surface area contributed by atoms with Crippen molar-refractivity contribution >= 4 is 10.0 Å². The first kappa shape index (κ1) is 13.8. The second-order valence-electron chi connectivity index (χ2n) is 4.51. The predicted molar refractivity (Wildman–Crippen MR) is 73.2 cm³/mol. The zero-order valence-corrected chi connectivity index (χ0v) is 12.0. The summed E-state index contributed by atoms with van der Waals surface area (Å²) >= 11 is 0. The van der Waals surface area contributed by atoms with E-state index >= 15 is 0 Å². The minimum atomic E-state index is -3.52. The van der Waals surface area contributed by atoms with E-state index in [0.29, 0.717) is 17.9 Å². The summed E-state index contributed by atoms with van der Waals surface area (Å²) in [6, 6.07) is 9.50. The highest BCUT2D eigenvalue weighted by molar-refractivity contribution is 7.89. The molecule has 0 aliphatic rings. The predicted octanol–water partition coefficient (Wildman–Crippen LogP) is 1.85. The molecule has 0 aliphatic heterocycles. The molecule has 0 aliphatic carbocycles. The van der Waals surface area contributed by atoms with Gasteiger partial charge in [-0.25, -0.2) is 8.42 Å². The molecular formula is C13H17N3O2S. The second kappa shape index (κ2) is 5.14. The van der Waals surface area contributed by atoms with Crippen molar-refractivity contribution in [3.05, 3.63) is 47.3 Å². The number of sulfonamides is 1. The molecule has 0 spiro atoms. The number of hydrogen-bond donors (Lipinski definition) is 1. The van der Waals surface area contributed by atoms with Crippen LogP contribution in [0.2, 0.25) is 0 Å². The van der Waals surface area contributed by atoms with Gasteiger partial charge in [-0.2, -0.15) is 9.40 Å². The van der Waals surface area contributed by atoms with Gasteiger partial charge in [-0.3, -0.25) is 5.10 Å². The molecule has 0 radical (unpaired) electrons. The molecule has 2 rings (SSSR count). The van der Waals surface area contributed by atoms with Crippen LogP contribution < -0.4 is 0 Å². The standard InChI is InChI=1S/C13H17N3O2S/c1-10-13(11(2)15-14-10)19(17,18)16(3)9-12-7-5-4-6-8-12/h4-8H,9H2,1-3H3,(H,14,15). The topological polar surface area (TPSA) is 66.1 Å². The number of benzene rings is 1. The van der Waals surface area contributed by atoms with Crippen LogP contribution in [0.15, 0.2) is 35.2 Å². The van der Waals surface area contributed by atoms with Crippen LogP contribution in [0.25, 0.3) is 0 Å². The third kappa shape index (κ3) is 2.69. The van der Waals surface area contributed by atoms with Crippen LogP contribution >= 0.6 is 0 Å². The zero-order valence-electron chi connectivity index (χ0n) is 11.2. The number of aromatic nitrogens is 2. The van der Waals surface area contributed by atoms with Crippen molar-refractivity contribution in [1.29, 1.82) is 0 Å². The van der Waals surface area contributed by atoms with Gasteiger partial charge < -0.3 is 0 Å². The van der Waals surface area contributed by atoms with Gasteiger partial charge in [0, 0.05) is 13.6 Å². The van der Waals surface area contributed by atoms with Crippen molar-refractivity contribution in [3.63, 3.8) is 0 Å². The fraction of sp³-hybridized carbons (Fsp3) is 0.308. The molecule has 1 aromatic carbocycles. The molecule has 0 fully saturated rings. The molecule has 2 aromatic rings. The molecule has 0 unspecified atom stereocenters. The van der Waals surface area contributed by atoms with Crippen molar-refractivity contribution < 1.29 is 8.42 Å². The normalized spacial score (nSPS) is 12.0. The fourth-order valence-corrected chi connectivity index (χ4v) is 3.48. The van der Waals surface area contributed by atoms with Gasteiger partial charge in [0.1, 0.15) is 4.90 Å². The molecule has 0 amide bonds. The SMILES string of the molecule is Cc1n[nH]c(C)c1S(=O)(=O)N(C)Cc1ccccc1. The maximum absolute atomic E-state index is 12.5. The van der Waals surface area contributed by atoms with E-state index in [1.54, 1.807) is 20.9 Å². The average Bonchev–Trinajstić information content (AvgIpc) is 2.70. The van der Waals surface area contributed by atoms with Crippen LogP contribution in [0.3, 0.4) is 0 Å². The first-order valence-electron chi connectivity index (χ1n) is 5.94. The molecule has 1 heterocycles. The van der Waals surface area contributed by atoms with Crippen molar-refractivity contribution in [3.8, 4) is 0 Å². The Morgan fingerprint density at radius 3 is 2.37 bits per heavy atom. The molecule has 1 N–H and O–H groups in total. The first-order chi connectivity index (χ1) is 8.93. The Morgan fingerprint density at radius 2 is 1.84 bits per heavy atom. The number of nitrogens with zero attached hydrogens (tertiary/aromatic N) is 2. The second-order valence-corrected chi connectivity index (χ2v) is 6.49. The van der Waals surface area contributed by atoms with E-state index in [9.17, 15) is 8.42 Å². The van der Waals surface area contributed by atoms with Gasteiger partial charge in [-0.15, -0.1) is 0 Å². The van der Waals surface area contributed by atoms with Crippen LogP contribution in [-0.2, 0) is 16.6 Å². The van der Waals surface area contributed by atoms with Crippen molar-refractivity contribution in [2.24, 2.45) is 0 Å². The van der Waals surface area contributed by atoms with E-state index in [4.69, 9.17) is 0 Å². The van der Waals surface area contributed by atoms with Crippen molar-refractivity contribution in [1.82, 2.24) is 14.5 Å². The monoisotopic (exact) mass is 279 g/mol. The summed E-state index contributed by atoms with van der Waals surface area (Å²) in [5.74, 6) is 0. The lowest BCUT2D eigenvalue weighted by Crippen LogP contribution is -2.27. The maximum Gasteiger partial charge on any atom is 0.246 e. The largest absolute Gasteiger partial charge is 0.281 e. The Kier molecular flexibility index (Phi) is 3.73. The lowest BCUT2D eigenvalue weighted by molar-refractivity contribution is 0.466. The molecule has 102 valence electrons. The van der Waals surface area contributed by atoms with Gasteiger partial charge in [0.2, 0.25) is 10.0 Å². The first-order valence-corrected chi connectivity index (χ1v) is 7.38. The third-order valence-corrected chi connectivity index (χ3v) is 5.04. The van der Waals surface area contributed by atoms with Gasteiger partial charge >= 0.3 is 0 Å². The molecule has 19 heavy (non-hydrogen) atoms. The lowest BCUT2D eigenvalue weighted by Gasteiger charge is -2.17. The Hall–Kier alpha value is -1.66. The smallest absolute Gasteiger partial charge is 0.246 e. The van der Waals surface area contributed by atoms with E-state index in [-0.39, 0.29) is 4.90 Å². The van der Waals surface area contributed by atoms with Crippen LogP contribution in [0.5, 0.6) is 0 Å². The van der Waals surface area contributed by atoms with Crippen LogP contribution in [-0.4, -0.2) is 30.0 Å². The molecular weight excluding hydrogens is 262 g/mol. The molecule has 0 atom stereocenters. The summed E-state index contributed by atoms with van der Waals surface area (Å²) in [5, 5.41) is 6.65. The number of aryl methyl sites for hydroxylation is 2. The minimum Gasteiger partial charge on any atom is -0.281 e. The molecule has 0 saturated heterocycles. The van der Waals surface area contributed by atoms with Crippen LogP contribution in [0.4, 0.5) is 0 Å². The van der Waals surface area contributed by atoms with Crippen LogP contribution in [0, 0.1) is 13.8 Å². The average molecular weight is 279 g/mol. The minimum absolute atomic E-state index is 0.269. The summed E-state index contributed by atoms with van der Waals surface area (Å²) < 4.78 is 26.4. The molecule has 0 bridgehead atoms. The van der Waals surface area contributed by atoms with Crippen molar-refractivity contribution in [2.75, 3.05) is 7.05 Å². The lowest BCUT2D eigenvalue weighted by atomic mass is 10.2. The van der Waals surface area contributed by atoms with E-state index in [1.165, 1.54) is 4.31 Å². The summed E-state index contributed by atoms with van der Waals surface area (Å²) in [6.07, 6.45) is 0. The van der Waals surface area contributed by atoms with Crippen LogP contribution in [0.1, 0.15) is 17.0 Å². The van der Waals surface area contributed by atoms with Gasteiger partial charge in [-0.1, -0.05) is 30.3 Å². The Morgan fingerprint density at radius 1 is 1.21 bits per heavy atom. The quantitative estimate of drug-likeness (QED) is 0.928. The number of hydrogen-bond acceptors (Lipinski definition) is 3. The van der Waals surface area contributed by atoms with Gasteiger partial charge in [0.05, 0.1) is 11.4 Å². The zero-order chi connectivity index (χ0) is 14.0. The summed E-state index contributed by atoms with van der Waals surface area (Å²) in [7, 11) is -1.94. The van der Waals surface area contributed by atoms with E-state index < -0.39 is 10.0 Å². The molecule has 5 nitrogen and oxygen atoms in total. The van der Waals surface area contributed by atoms with E-state index in [2.05, 4.69) is 10.2 Å². The Bertz CT molecular complexity index is 643. The van der Waals surface area contributed by atoms with Gasteiger partial charge in [-0.05, 0) is 19.4 Å².